The maximum absolute atomic E-state index is 12.3. The second-order valence-corrected chi connectivity index (χ2v) is 7.13. The van der Waals surface area contributed by atoms with Crippen LogP contribution in [0.4, 0.5) is 0 Å². The van der Waals surface area contributed by atoms with E-state index < -0.39 is 11.6 Å². The number of rotatable bonds is 6. The minimum Gasteiger partial charge on any atom is -0.394 e. The fourth-order valence-corrected chi connectivity index (χ4v) is 3.76. The smallest absolute Gasteiger partial charge is 0.242 e. The second kappa shape index (κ2) is 7.95. The Morgan fingerprint density at radius 2 is 1.77 bits per heavy atom. The van der Waals surface area contributed by atoms with Crippen molar-refractivity contribution in [3.63, 3.8) is 0 Å². The van der Waals surface area contributed by atoms with E-state index in [0.717, 1.165) is 38.5 Å². The standard InChI is InChI=1S/C17H30N2O3/c1-13(16(22)19-17(12-20)9-5-6-10-17)18-15(21)11-14-7-3-2-4-8-14/h13-14,20H,2-12H2,1H3,(H,18,21)(H,19,22). The molecule has 22 heavy (non-hydrogen) atoms. The zero-order valence-corrected chi connectivity index (χ0v) is 13.7. The molecule has 2 aliphatic rings. The molecular weight excluding hydrogens is 280 g/mol. The molecule has 2 rings (SSSR count). The van der Waals surface area contributed by atoms with Crippen molar-refractivity contribution in [3.8, 4) is 0 Å². The molecule has 2 amide bonds. The van der Waals surface area contributed by atoms with Crippen molar-refractivity contribution in [1.82, 2.24) is 10.6 Å². The van der Waals surface area contributed by atoms with Crippen molar-refractivity contribution in [3.05, 3.63) is 0 Å². The summed E-state index contributed by atoms with van der Waals surface area (Å²) in [5.74, 6) is 0.259. The van der Waals surface area contributed by atoms with Crippen LogP contribution in [0.15, 0.2) is 0 Å². The summed E-state index contributed by atoms with van der Waals surface area (Å²) in [5.41, 5.74) is -0.473. The average Bonchev–Trinajstić information content (AvgIpc) is 2.97. The number of hydrogen-bond acceptors (Lipinski definition) is 3. The van der Waals surface area contributed by atoms with Crippen LogP contribution in [0, 0.1) is 5.92 Å². The van der Waals surface area contributed by atoms with E-state index in [2.05, 4.69) is 10.6 Å². The van der Waals surface area contributed by atoms with Gasteiger partial charge >= 0.3 is 0 Å². The van der Waals surface area contributed by atoms with Gasteiger partial charge in [-0.2, -0.15) is 0 Å². The Bertz CT molecular complexity index is 385. The molecule has 1 atom stereocenters. The summed E-state index contributed by atoms with van der Waals surface area (Å²) < 4.78 is 0. The van der Waals surface area contributed by atoms with E-state index in [4.69, 9.17) is 0 Å². The Hall–Kier alpha value is -1.10. The fraction of sp³-hybridized carbons (Fsp3) is 0.882. The van der Waals surface area contributed by atoms with Gasteiger partial charge in [0.25, 0.3) is 0 Å². The van der Waals surface area contributed by atoms with Gasteiger partial charge in [-0.25, -0.2) is 0 Å². The molecule has 0 heterocycles. The van der Waals surface area contributed by atoms with Crippen molar-refractivity contribution < 1.29 is 14.7 Å². The minimum atomic E-state index is -0.542. The molecule has 0 aromatic heterocycles. The number of hydrogen-bond donors (Lipinski definition) is 3. The molecule has 2 saturated carbocycles. The van der Waals surface area contributed by atoms with E-state index in [1.165, 1.54) is 19.3 Å². The van der Waals surface area contributed by atoms with E-state index in [9.17, 15) is 14.7 Å². The monoisotopic (exact) mass is 310 g/mol. The number of carbonyl (C=O) groups is 2. The molecular formula is C17H30N2O3. The van der Waals surface area contributed by atoms with Crippen molar-refractivity contribution in [2.24, 2.45) is 5.92 Å². The summed E-state index contributed by atoms with van der Waals surface area (Å²) in [7, 11) is 0. The van der Waals surface area contributed by atoms with E-state index >= 15 is 0 Å². The van der Waals surface area contributed by atoms with Gasteiger partial charge in [0.15, 0.2) is 0 Å². The molecule has 0 bridgehead atoms. The van der Waals surface area contributed by atoms with Gasteiger partial charge in [0.05, 0.1) is 12.1 Å². The Labute approximate surface area is 133 Å². The zero-order chi connectivity index (χ0) is 16.0. The first kappa shape index (κ1) is 17.3. The molecule has 3 N–H and O–H groups in total. The molecule has 0 aromatic carbocycles. The van der Waals surface area contributed by atoms with Gasteiger partial charge in [0.2, 0.25) is 11.8 Å². The molecule has 0 saturated heterocycles. The normalized spacial score (nSPS) is 23.0. The third kappa shape index (κ3) is 4.70. The minimum absolute atomic E-state index is 0.0263. The van der Waals surface area contributed by atoms with Crippen LogP contribution in [0.1, 0.15) is 71.1 Å². The Morgan fingerprint density at radius 3 is 2.36 bits per heavy atom. The largest absolute Gasteiger partial charge is 0.394 e. The molecule has 1 unspecified atom stereocenters. The first-order valence-corrected chi connectivity index (χ1v) is 8.77. The second-order valence-electron chi connectivity index (χ2n) is 7.13. The summed E-state index contributed by atoms with van der Waals surface area (Å²) in [6.07, 6.45) is 10.2. The number of aliphatic hydroxyl groups is 1. The number of nitrogens with one attached hydrogen (secondary N) is 2. The highest BCUT2D eigenvalue weighted by atomic mass is 16.3. The highest BCUT2D eigenvalue weighted by molar-refractivity contribution is 5.87. The van der Waals surface area contributed by atoms with Crippen molar-refractivity contribution >= 4 is 11.8 Å². The summed E-state index contributed by atoms with van der Waals surface area (Å²) in [6.45, 7) is 1.69. The molecule has 0 aromatic rings. The average molecular weight is 310 g/mol. The van der Waals surface area contributed by atoms with Crippen LogP contribution in [0.5, 0.6) is 0 Å². The molecule has 5 heteroatoms. The fourth-order valence-electron chi connectivity index (χ4n) is 3.76. The summed E-state index contributed by atoms with van der Waals surface area (Å²) in [4.78, 5) is 24.3. The highest BCUT2D eigenvalue weighted by Gasteiger charge is 2.35. The number of carbonyl (C=O) groups excluding carboxylic acids is 2. The highest BCUT2D eigenvalue weighted by Crippen LogP contribution is 2.29. The number of aliphatic hydroxyl groups excluding tert-OH is 1. The summed E-state index contributed by atoms with van der Waals surface area (Å²) >= 11 is 0. The predicted molar refractivity (Wildman–Crippen MR) is 85.2 cm³/mol. The molecule has 2 fully saturated rings. The van der Waals surface area contributed by atoms with Gasteiger partial charge in [-0.3, -0.25) is 9.59 Å². The van der Waals surface area contributed by atoms with Crippen LogP contribution < -0.4 is 10.6 Å². The van der Waals surface area contributed by atoms with Crippen LogP contribution in [0.25, 0.3) is 0 Å². The Kier molecular flexibility index (Phi) is 6.24. The van der Waals surface area contributed by atoms with E-state index in [-0.39, 0.29) is 18.4 Å². The molecule has 0 spiro atoms. The van der Waals surface area contributed by atoms with Crippen LogP contribution >= 0.6 is 0 Å². The predicted octanol–water partition coefficient (Wildman–Crippen LogP) is 1.88. The van der Waals surface area contributed by atoms with Crippen molar-refractivity contribution in [2.75, 3.05) is 6.61 Å². The summed E-state index contributed by atoms with van der Waals surface area (Å²) in [6, 6.07) is -0.542. The van der Waals surface area contributed by atoms with Crippen molar-refractivity contribution in [1.29, 1.82) is 0 Å². The van der Waals surface area contributed by atoms with E-state index in [0.29, 0.717) is 12.3 Å². The SMILES string of the molecule is CC(NC(=O)CC1CCCCC1)C(=O)NC1(CO)CCCC1. The van der Waals surface area contributed by atoms with Crippen LogP contribution in [-0.2, 0) is 9.59 Å². The van der Waals surface area contributed by atoms with Crippen LogP contribution in [-0.4, -0.2) is 35.1 Å². The lowest BCUT2D eigenvalue weighted by Gasteiger charge is -2.30. The van der Waals surface area contributed by atoms with Gasteiger partial charge in [-0.15, -0.1) is 0 Å². The zero-order valence-electron chi connectivity index (χ0n) is 13.7. The van der Waals surface area contributed by atoms with E-state index in [1.54, 1.807) is 6.92 Å². The molecule has 2 aliphatic carbocycles. The Balaban J connectivity index is 1.76. The van der Waals surface area contributed by atoms with Crippen LogP contribution in [0.3, 0.4) is 0 Å². The first-order chi connectivity index (χ1) is 10.5. The van der Waals surface area contributed by atoms with Gasteiger partial charge in [0.1, 0.15) is 6.04 Å². The third-order valence-corrected chi connectivity index (χ3v) is 5.22. The van der Waals surface area contributed by atoms with Gasteiger partial charge in [-0.1, -0.05) is 32.1 Å². The van der Waals surface area contributed by atoms with Gasteiger partial charge in [0, 0.05) is 6.42 Å². The van der Waals surface area contributed by atoms with Crippen LogP contribution in [0.2, 0.25) is 0 Å². The van der Waals surface area contributed by atoms with Gasteiger partial charge in [-0.05, 0) is 38.5 Å². The molecule has 0 aliphatic heterocycles. The Morgan fingerprint density at radius 1 is 1.14 bits per heavy atom. The molecule has 126 valence electrons. The molecule has 0 radical (unpaired) electrons. The first-order valence-electron chi connectivity index (χ1n) is 8.77. The molecule has 5 nitrogen and oxygen atoms in total. The lowest BCUT2D eigenvalue weighted by atomic mass is 9.87. The maximum Gasteiger partial charge on any atom is 0.242 e. The number of amides is 2. The quantitative estimate of drug-likeness (QED) is 0.701. The summed E-state index contributed by atoms with van der Waals surface area (Å²) in [5, 5.41) is 15.3. The lowest BCUT2D eigenvalue weighted by Crippen LogP contribution is -2.55. The van der Waals surface area contributed by atoms with Gasteiger partial charge < -0.3 is 15.7 Å². The van der Waals surface area contributed by atoms with E-state index in [1.807, 2.05) is 0 Å². The maximum atomic E-state index is 12.3. The third-order valence-electron chi connectivity index (χ3n) is 5.22. The van der Waals surface area contributed by atoms with Crippen molar-refractivity contribution in [2.45, 2.75) is 82.7 Å². The lowest BCUT2D eigenvalue weighted by molar-refractivity contribution is -0.130. The topological polar surface area (TPSA) is 78.4 Å².